The lowest BCUT2D eigenvalue weighted by Crippen LogP contribution is -2.53. The lowest BCUT2D eigenvalue weighted by atomic mass is 9.90. The number of carbonyl (C=O) groups is 4. The Morgan fingerprint density at radius 3 is 1.85 bits per heavy atom. The van der Waals surface area contributed by atoms with E-state index in [0.717, 1.165) is 30.3 Å². The highest BCUT2D eigenvalue weighted by atomic mass is 19.1. The molecule has 0 aliphatic carbocycles. The fourth-order valence-corrected chi connectivity index (χ4v) is 9.08. The number of methoxy groups -OCH3 is 2. The first-order valence-electron chi connectivity index (χ1n) is 21.0. The number of likely N-dealkylation sites (tertiary alicyclic amines) is 2. The first kappa shape index (κ1) is 41.7. The molecule has 0 unspecified atom stereocenters. The van der Waals surface area contributed by atoms with E-state index in [1.165, 1.54) is 20.3 Å². The van der Waals surface area contributed by atoms with Gasteiger partial charge in [-0.05, 0) is 99.6 Å². The van der Waals surface area contributed by atoms with Gasteiger partial charge in [-0.15, -0.1) is 0 Å². The van der Waals surface area contributed by atoms with E-state index < -0.39 is 30.1 Å². The molecule has 4 amide bonds. The number of carbonyl (C=O) groups excluding carboxylic acids is 4. The van der Waals surface area contributed by atoms with Crippen LogP contribution in [0.2, 0.25) is 0 Å². The molecule has 17 heteroatoms. The molecule has 16 nitrogen and oxygen atoms in total. The number of nitrogens with zero attached hydrogens (tertiary/aromatic N) is 4. The van der Waals surface area contributed by atoms with Crippen LogP contribution in [0.15, 0.2) is 42.6 Å². The quantitative estimate of drug-likeness (QED) is 0.165. The predicted octanol–water partition coefficient (Wildman–Crippen LogP) is 5.12. The van der Waals surface area contributed by atoms with Crippen molar-refractivity contribution in [2.45, 2.75) is 75.5 Å². The zero-order valence-corrected chi connectivity index (χ0v) is 34.3. The number of benzene rings is 2. The Morgan fingerprint density at radius 2 is 1.30 bits per heavy atom. The van der Waals surface area contributed by atoms with E-state index in [0.29, 0.717) is 106 Å². The minimum atomic E-state index is -0.754. The molecule has 4 N–H and O–H groups in total. The van der Waals surface area contributed by atoms with Gasteiger partial charge >= 0.3 is 12.2 Å². The van der Waals surface area contributed by atoms with Crippen LogP contribution in [0.25, 0.3) is 22.3 Å². The molecule has 4 aromatic rings. The van der Waals surface area contributed by atoms with Crippen molar-refractivity contribution >= 4 is 35.0 Å². The molecular formula is C44H51FN8O8. The van der Waals surface area contributed by atoms with Crippen molar-refractivity contribution in [3.05, 3.63) is 71.2 Å². The third-order valence-electron chi connectivity index (χ3n) is 12.3. The summed E-state index contributed by atoms with van der Waals surface area (Å²) in [5.41, 5.74) is 3.46. The number of halogens is 1. The van der Waals surface area contributed by atoms with Gasteiger partial charge in [0.1, 0.15) is 29.5 Å². The van der Waals surface area contributed by atoms with Gasteiger partial charge in [0.15, 0.2) is 0 Å². The Morgan fingerprint density at radius 1 is 0.754 bits per heavy atom. The van der Waals surface area contributed by atoms with Gasteiger partial charge in [0.25, 0.3) is 0 Å². The highest BCUT2D eigenvalue weighted by Crippen LogP contribution is 2.36. The third kappa shape index (κ3) is 9.20. The lowest BCUT2D eigenvalue weighted by Gasteiger charge is -2.34. The molecule has 0 spiro atoms. The minimum Gasteiger partial charge on any atom is -0.453 e. The van der Waals surface area contributed by atoms with Crippen molar-refractivity contribution in [2.75, 3.05) is 53.7 Å². The molecule has 2 aromatic heterocycles. The lowest BCUT2D eigenvalue weighted by molar-refractivity contribution is -0.137. The van der Waals surface area contributed by atoms with Gasteiger partial charge in [0, 0.05) is 56.2 Å². The number of imidazole rings is 2. The number of nitrogens with one attached hydrogen (secondary N) is 4. The zero-order valence-electron chi connectivity index (χ0n) is 34.3. The Balaban J connectivity index is 0.943. The maximum absolute atomic E-state index is 15.7. The highest BCUT2D eigenvalue weighted by molar-refractivity contribution is 5.87. The summed E-state index contributed by atoms with van der Waals surface area (Å²) < 4.78 is 36.4. The first-order valence-corrected chi connectivity index (χ1v) is 21.0. The number of rotatable bonds is 9. The second-order valence-corrected chi connectivity index (χ2v) is 16.0. The molecule has 322 valence electrons. The van der Waals surface area contributed by atoms with E-state index in [4.69, 9.17) is 23.9 Å². The topological polar surface area (TPSA) is 193 Å². The first-order chi connectivity index (χ1) is 29.7. The smallest absolute Gasteiger partial charge is 0.407 e. The molecule has 8 rings (SSSR count). The summed E-state index contributed by atoms with van der Waals surface area (Å²) in [5, 5.41) is 5.55. The Hall–Kier alpha value is -5.99. The monoisotopic (exact) mass is 838 g/mol. The molecule has 4 fully saturated rings. The van der Waals surface area contributed by atoms with Crippen molar-refractivity contribution < 1.29 is 42.5 Å². The molecule has 4 aliphatic heterocycles. The molecule has 0 bridgehead atoms. The van der Waals surface area contributed by atoms with Crippen LogP contribution < -0.4 is 10.6 Å². The second-order valence-electron chi connectivity index (χ2n) is 16.0. The molecule has 4 atom stereocenters. The van der Waals surface area contributed by atoms with E-state index in [9.17, 15) is 19.2 Å². The summed E-state index contributed by atoms with van der Waals surface area (Å²) in [6.07, 6.45) is 5.85. The number of aromatic amines is 2. The van der Waals surface area contributed by atoms with Gasteiger partial charge in [0.05, 0.1) is 49.2 Å². The van der Waals surface area contributed by atoms with Crippen LogP contribution in [0.1, 0.15) is 86.2 Å². The van der Waals surface area contributed by atoms with E-state index in [-0.39, 0.29) is 35.7 Å². The SMILES string of the molecule is COC(=O)N[C@H](C(=O)N1CCC[C@H]1c1ncc(-c2ccc(C#Cc3ccc4nc([C@@H]5CCCN5C(=O)[C@@H](NC(=O)OC)C5CCOCC5)[nH]c4c3)cc2F)[nH]1)C1CCOCC1. The number of hydrogen-bond donors (Lipinski definition) is 4. The molecule has 0 radical (unpaired) electrons. The maximum atomic E-state index is 15.7. The number of H-pyrrole nitrogens is 2. The van der Waals surface area contributed by atoms with Crippen molar-refractivity contribution in [2.24, 2.45) is 11.8 Å². The summed E-state index contributed by atoms with van der Waals surface area (Å²) in [5.74, 6) is 6.44. The van der Waals surface area contributed by atoms with Crippen LogP contribution >= 0.6 is 0 Å². The number of ether oxygens (including phenoxy) is 4. The van der Waals surface area contributed by atoms with Crippen molar-refractivity contribution in [3.63, 3.8) is 0 Å². The van der Waals surface area contributed by atoms with E-state index >= 15 is 4.39 Å². The largest absolute Gasteiger partial charge is 0.453 e. The fourth-order valence-electron chi connectivity index (χ4n) is 9.08. The molecule has 61 heavy (non-hydrogen) atoms. The fraction of sp³-hybridized carbons (Fsp3) is 0.500. The normalized spacial score (nSPS) is 20.8. The highest BCUT2D eigenvalue weighted by Gasteiger charge is 2.42. The molecule has 4 saturated heterocycles. The standard InChI is InChI=1S/C44H51FN8O8/c1-58-43(56)50-37(28-13-19-60-20-14-28)41(54)52-17-3-5-35(52)39-46-25-34(49-39)30-11-9-26(23-31(30)45)7-8-27-10-12-32-33(24-27)48-40(47-32)36-6-4-18-53(36)42(55)38(51-44(57)59-2)29-15-21-61-22-16-29/h9-12,23-25,28-29,35-38H,3-6,13-22H2,1-2H3,(H,46,49)(H,47,48)(H,50,56)(H,51,57)/t35-,36-,37-,38-/m0/s1. The Bertz CT molecular complexity index is 2310. The van der Waals surface area contributed by atoms with Crippen LogP contribution in [-0.2, 0) is 28.5 Å². The van der Waals surface area contributed by atoms with Crippen LogP contribution in [0.4, 0.5) is 14.0 Å². The van der Waals surface area contributed by atoms with Gasteiger partial charge in [-0.3, -0.25) is 9.59 Å². The van der Waals surface area contributed by atoms with Crippen LogP contribution in [0.5, 0.6) is 0 Å². The van der Waals surface area contributed by atoms with E-state index in [2.05, 4.69) is 37.4 Å². The average Bonchev–Trinajstić information content (AvgIpc) is 4.13. The number of amides is 4. The Kier molecular flexibility index (Phi) is 12.8. The van der Waals surface area contributed by atoms with Crippen LogP contribution in [0, 0.1) is 29.5 Å². The van der Waals surface area contributed by atoms with Crippen molar-refractivity contribution in [1.82, 2.24) is 40.4 Å². The zero-order chi connectivity index (χ0) is 42.5. The summed E-state index contributed by atoms with van der Waals surface area (Å²) in [4.78, 5) is 72.0. The minimum absolute atomic E-state index is 0.0612. The molecule has 4 aliphatic rings. The van der Waals surface area contributed by atoms with Gasteiger partial charge in [0.2, 0.25) is 11.8 Å². The summed E-state index contributed by atoms with van der Waals surface area (Å²) >= 11 is 0. The number of fused-ring (bicyclic) bond motifs is 1. The maximum Gasteiger partial charge on any atom is 0.407 e. The van der Waals surface area contributed by atoms with Crippen LogP contribution in [0.3, 0.4) is 0 Å². The molecule has 6 heterocycles. The molecule has 0 saturated carbocycles. The summed E-state index contributed by atoms with van der Waals surface area (Å²) in [7, 11) is 2.56. The van der Waals surface area contributed by atoms with Crippen LogP contribution in [-0.4, -0.2) is 120 Å². The molecular weight excluding hydrogens is 788 g/mol. The summed E-state index contributed by atoms with van der Waals surface area (Å²) in [6, 6.07) is 8.26. The number of alkyl carbamates (subject to hydrolysis) is 2. The predicted molar refractivity (Wildman–Crippen MR) is 219 cm³/mol. The number of hydrogen-bond acceptors (Lipinski definition) is 10. The van der Waals surface area contributed by atoms with Gasteiger partial charge in [-0.2, -0.15) is 0 Å². The van der Waals surface area contributed by atoms with Gasteiger partial charge in [-0.25, -0.2) is 23.9 Å². The Labute approximate surface area is 352 Å². The van der Waals surface area contributed by atoms with Gasteiger partial charge in [-0.1, -0.05) is 11.8 Å². The second kappa shape index (κ2) is 18.7. The summed E-state index contributed by atoms with van der Waals surface area (Å²) in [6.45, 7) is 3.16. The van der Waals surface area contributed by atoms with E-state index in [1.807, 2.05) is 18.2 Å². The average molecular weight is 839 g/mol. The van der Waals surface area contributed by atoms with Gasteiger partial charge < -0.3 is 49.3 Å². The molecule has 2 aromatic carbocycles. The third-order valence-corrected chi connectivity index (χ3v) is 12.3. The number of aromatic nitrogens is 4. The van der Waals surface area contributed by atoms with Crippen molar-refractivity contribution in [3.8, 4) is 23.1 Å². The van der Waals surface area contributed by atoms with Crippen molar-refractivity contribution in [1.29, 1.82) is 0 Å². The van der Waals surface area contributed by atoms with E-state index in [1.54, 1.807) is 28.1 Å².